The highest BCUT2D eigenvalue weighted by molar-refractivity contribution is 7.90. The third-order valence-corrected chi connectivity index (χ3v) is 7.42. The van der Waals surface area contributed by atoms with Gasteiger partial charge in [-0.15, -0.1) is 11.3 Å². The van der Waals surface area contributed by atoms with Gasteiger partial charge in [-0.25, -0.2) is 17.8 Å². The summed E-state index contributed by atoms with van der Waals surface area (Å²) in [5, 5.41) is 1.15. The second-order valence-corrected chi connectivity index (χ2v) is 9.75. The molecule has 0 N–H and O–H groups in total. The molecular weight excluding hydrogens is 429 g/mol. The van der Waals surface area contributed by atoms with E-state index in [9.17, 15) is 12.8 Å². The third kappa shape index (κ3) is 4.40. The molecule has 0 radical (unpaired) electrons. The fraction of sp³-hybridized carbons (Fsp3) is 0.0455. The van der Waals surface area contributed by atoms with Crippen LogP contribution in [0.5, 0.6) is 0 Å². The molecule has 146 valence electrons. The smallest absolute Gasteiger partial charge is 0.201 e. The molecule has 7 heteroatoms. The predicted octanol–water partition coefficient (Wildman–Crippen LogP) is 6.24. The fourth-order valence-corrected chi connectivity index (χ4v) is 5.94. The minimum atomic E-state index is -3.72. The van der Waals surface area contributed by atoms with E-state index in [2.05, 4.69) is 4.98 Å². The van der Waals surface area contributed by atoms with Gasteiger partial charge in [0, 0.05) is 10.6 Å². The van der Waals surface area contributed by atoms with Crippen molar-refractivity contribution in [2.45, 2.75) is 10.8 Å². The Balaban J connectivity index is 1.84. The zero-order valence-electron chi connectivity index (χ0n) is 15.0. The Kier molecular flexibility index (Phi) is 5.50. The van der Waals surface area contributed by atoms with Crippen molar-refractivity contribution in [3.8, 4) is 21.0 Å². The molecule has 0 saturated heterocycles. The minimum absolute atomic E-state index is 0.00270. The fourth-order valence-electron chi connectivity index (χ4n) is 2.88. The summed E-state index contributed by atoms with van der Waals surface area (Å²) >= 11 is 7.22. The van der Waals surface area contributed by atoms with Crippen LogP contribution in [0.2, 0.25) is 5.02 Å². The molecule has 0 atom stereocenters. The quantitative estimate of drug-likeness (QED) is 0.366. The number of thiazole rings is 1. The van der Waals surface area contributed by atoms with Crippen LogP contribution in [0.15, 0.2) is 83.9 Å². The molecule has 0 aliphatic rings. The normalized spacial score (nSPS) is 11.5. The topological polar surface area (TPSA) is 47.0 Å². The number of hydrogen-bond acceptors (Lipinski definition) is 4. The molecule has 0 saturated carbocycles. The van der Waals surface area contributed by atoms with Gasteiger partial charge in [-0.05, 0) is 35.4 Å². The first-order chi connectivity index (χ1) is 13.9. The number of hydrogen-bond donors (Lipinski definition) is 0. The van der Waals surface area contributed by atoms with Crippen LogP contribution in [-0.4, -0.2) is 13.4 Å². The van der Waals surface area contributed by atoms with Gasteiger partial charge in [-0.2, -0.15) is 0 Å². The number of rotatable bonds is 5. The van der Waals surface area contributed by atoms with E-state index in [1.807, 2.05) is 6.07 Å². The number of nitrogens with zero attached hydrogens (tertiary/aromatic N) is 1. The van der Waals surface area contributed by atoms with Gasteiger partial charge in [0.2, 0.25) is 9.84 Å². The molecule has 1 aromatic heterocycles. The van der Waals surface area contributed by atoms with E-state index >= 15 is 0 Å². The zero-order chi connectivity index (χ0) is 20.4. The number of halogens is 2. The Bertz CT molecular complexity index is 1240. The maximum atomic E-state index is 13.4. The zero-order valence-corrected chi connectivity index (χ0v) is 17.4. The number of sulfone groups is 1. The van der Waals surface area contributed by atoms with Gasteiger partial charge >= 0.3 is 0 Å². The predicted molar refractivity (Wildman–Crippen MR) is 115 cm³/mol. The highest BCUT2D eigenvalue weighted by atomic mass is 35.5. The van der Waals surface area contributed by atoms with E-state index in [0.717, 1.165) is 5.56 Å². The second kappa shape index (κ2) is 8.06. The van der Waals surface area contributed by atoms with Crippen LogP contribution >= 0.6 is 22.9 Å². The van der Waals surface area contributed by atoms with Gasteiger partial charge < -0.3 is 0 Å². The highest BCUT2D eigenvalue weighted by Crippen LogP contribution is 2.39. The molecule has 0 aliphatic carbocycles. The van der Waals surface area contributed by atoms with Crippen LogP contribution < -0.4 is 0 Å². The molecule has 3 nitrogen and oxygen atoms in total. The first-order valence-electron chi connectivity index (χ1n) is 8.72. The maximum Gasteiger partial charge on any atom is 0.201 e. The molecular formula is C22H15ClFNO2S2. The van der Waals surface area contributed by atoms with Crippen molar-refractivity contribution < 1.29 is 12.8 Å². The lowest BCUT2D eigenvalue weighted by molar-refractivity contribution is 0.592. The lowest BCUT2D eigenvalue weighted by Gasteiger charge is -2.05. The Morgan fingerprint density at radius 3 is 2.14 bits per heavy atom. The van der Waals surface area contributed by atoms with Crippen LogP contribution in [0.25, 0.3) is 21.0 Å². The summed E-state index contributed by atoms with van der Waals surface area (Å²) in [5.41, 5.74) is 2.05. The van der Waals surface area contributed by atoms with Crippen LogP contribution in [0.4, 0.5) is 4.39 Å². The maximum absolute atomic E-state index is 13.4. The molecule has 0 unspecified atom stereocenters. The van der Waals surface area contributed by atoms with Gasteiger partial charge in [0.25, 0.3) is 0 Å². The van der Waals surface area contributed by atoms with Crippen molar-refractivity contribution in [3.05, 3.63) is 95.3 Å². The van der Waals surface area contributed by atoms with E-state index in [1.165, 1.54) is 23.5 Å². The number of aromatic nitrogens is 1. The van der Waals surface area contributed by atoms with E-state index in [-0.39, 0.29) is 16.6 Å². The summed E-state index contributed by atoms with van der Waals surface area (Å²) < 4.78 is 39.8. The van der Waals surface area contributed by atoms with E-state index in [0.29, 0.717) is 26.0 Å². The summed E-state index contributed by atoms with van der Waals surface area (Å²) in [6, 6.07) is 21.8. The van der Waals surface area contributed by atoms with Crippen LogP contribution in [0.3, 0.4) is 0 Å². The SMILES string of the molecule is O=S(=O)(Cc1ccccc1)c1nc(-c2ccc(Cl)cc2)sc1-c1ccc(F)cc1. The van der Waals surface area contributed by atoms with E-state index < -0.39 is 9.84 Å². The van der Waals surface area contributed by atoms with Gasteiger partial charge in [0.1, 0.15) is 10.8 Å². The molecule has 4 rings (SSSR count). The molecule has 0 fully saturated rings. The summed E-state index contributed by atoms with van der Waals surface area (Å²) in [6.07, 6.45) is 0. The van der Waals surface area contributed by atoms with Gasteiger partial charge in [-0.3, -0.25) is 0 Å². The van der Waals surface area contributed by atoms with Crippen LogP contribution in [0.1, 0.15) is 5.56 Å². The summed E-state index contributed by atoms with van der Waals surface area (Å²) in [5.74, 6) is -0.545. The molecule has 0 amide bonds. The average Bonchev–Trinajstić information content (AvgIpc) is 3.16. The standard InChI is InChI=1S/C22H15ClFNO2S2/c23-18-10-6-17(7-11-18)21-25-22(20(28-21)16-8-12-19(24)13-9-16)29(26,27)14-15-4-2-1-3-5-15/h1-13H,14H2. The molecule has 1 heterocycles. The lowest BCUT2D eigenvalue weighted by atomic mass is 10.2. The Morgan fingerprint density at radius 1 is 0.862 bits per heavy atom. The van der Waals surface area contributed by atoms with Gasteiger partial charge in [-0.1, -0.05) is 66.2 Å². The second-order valence-electron chi connectivity index (χ2n) is 6.41. The number of benzene rings is 3. The lowest BCUT2D eigenvalue weighted by Crippen LogP contribution is -2.06. The molecule has 0 bridgehead atoms. The van der Waals surface area contributed by atoms with Crippen molar-refractivity contribution >= 4 is 32.8 Å². The Labute approximate surface area is 177 Å². The first-order valence-corrected chi connectivity index (χ1v) is 11.6. The minimum Gasteiger partial charge on any atom is -0.224 e. The van der Waals surface area contributed by atoms with Crippen molar-refractivity contribution in [2.75, 3.05) is 0 Å². The highest BCUT2D eigenvalue weighted by Gasteiger charge is 2.26. The molecule has 0 spiro atoms. The Hall–Kier alpha value is -2.54. The van der Waals surface area contributed by atoms with Crippen molar-refractivity contribution in [1.29, 1.82) is 0 Å². The monoisotopic (exact) mass is 443 g/mol. The van der Waals surface area contributed by atoms with Crippen molar-refractivity contribution in [2.24, 2.45) is 0 Å². The van der Waals surface area contributed by atoms with Crippen LogP contribution in [-0.2, 0) is 15.6 Å². The molecule has 0 aliphatic heterocycles. The van der Waals surface area contributed by atoms with E-state index in [4.69, 9.17) is 11.6 Å². The largest absolute Gasteiger partial charge is 0.224 e. The molecule has 4 aromatic rings. The van der Waals surface area contributed by atoms with Crippen LogP contribution in [0, 0.1) is 5.82 Å². The first kappa shape index (κ1) is 19.8. The van der Waals surface area contributed by atoms with Crippen molar-refractivity contribution in [3.63, 3.8) is 0 Å². The average molecular weight is 444 g/mol. The molecule has 3 aromatic carbocycles. The Morgan fingerprint density at radius 2 is 1.48 bits per heavy atom. The van der Waals surface area contributed by atoms with Gasteiger partial charge in [0.15, 0.2) is 5.03 Å². The van der Waals surface area contributed by atoms with Gasteiger partial charge in [0.05, 0.1) is 10.6 Å². The van der Waals surface area contributed by atoms with Crippen molar-refractivity contribution in [1.82, 2.24) is 4.98 Å². The third-order valence-electron chi connectivity index (χ3n) is 4.29. The molecule has 29 heavy (non-hydrogen) atoms. The summed E-state index contributed by atoms with van der Waals surface area (Å²) in [7, 11) is -3.72. The van der Waals surface area contributed by atoms with E-state index in [1.54, 1.807) is 60.7 Å². The summed E-state index contributed by atoms with van der Waals surface area (Å²) in [4.78, 5) is 4.96. The summed E-state index contributed by atoms with van der Waals surface area (Å²) in [6.45, 7) is 0.